The molecule has 0 fully saturated rings. The molecule has 1 N–H and O–H groups in total. The van der Waals surface area contributed by atoms with Crippen LogP contribution in [-0.4, -0.2) is 25.5 Å². The lowest BCUT2D eigenvalue weighted by atomic mass is 10.1. The zero-order valence-corrected chi connectivity index (χ0v) is 15.9. The molecule has 0 aliphatic heterocycles. The Morgan fingerprint density at radius 1 is 1.30 bits per heavy atom. The third-order valence-corrected chi connectivity index (χ3v) is 5.16. The number of carbonyl (C=O) groups excluding carboxylic acids is 1. The molecule has 0 spiro atoms. The van der Waals surface area contributed by atoms with E-state index in [1.807, 2.05) is 50.2 Å². The SMILES string of the molecule is CCn1cc(CNC(=O)C(C)Cn2nc(C)c(Br)c2C)c(C)n1. The van der Waals surface area contributed by atoms with E-state index in [1.165, 1.54) is 0 Å². The number of nitrogens with one attached hydrogen (secondary N) is 1. The predicted molar refractivity (Wildman–Crippen MR) is 93.0 cm³/mol. The maximum atomic E-state index is 12.3. The van der Waals surface area contributed by atoms with Crippen molar-refractivity contribution in [2.45, 2.75) is 54.3 Å². The minimum atomic E-state index is -0.151. The second-order valence-corrected chi connectivity index (χ2v) is 6.67. The topological polar surface area (TPSA) is 64.7 Å². The number of nitrogens with zero attached hydrogens (tertiary/aromatic N) is 4. The summed E-state index contributed by atoms with van der Waals surface area (Å²) in [6.45, 7) is 11.8. The summed E-state index contributed by atoms with van der Waals surface area (Å²) in [4.78, 5) is 12.3. The number of amides is 1. The van der Waals surface area contributed by atoms with Gasteiger partial charge in [0.25, 0.3) is 0 Å². The first-order chi connectivity index (χ1) is 10.8. The van der Waals surface area contributed by atoms with Crippen molar-refractivity contribution in [3.8, 4) is 0 Å². The Labute approximate surface area is 145 Å². The van der Waals surface area contributed by atoms with Gasteiger partial charge in [-0.3, -0.25) is 14.2 Å². The molecule has 1 atom stereocenters. The van der Waals surface area contributed by atoms with Gasteiger partial charge in [0.1, 0.15) is 0 Å². The molecule has 7 heteroatoms. The Bertz CT molecular complexity index is 704. The van der Waals surface area contributed by atoms with Crippen LogP contribution in [0.5, 0.6) is 0 Å². The molecule has 2 aromatic rings. The fourth-order valence-electron chi connectivity index (χ4n) is 2.45. The second-order valence-electron chi connectivity index (χ2n) is 5.88. The molecule has 1 unspecified atom stereocenters. The van der Waals surface area contributed by atoms with Crippen molar-refractivity contribution < 1.29 is 4.79 Å². The minimum Gasteiger partial charge on any atom is -0.352 e. The Morgan fingerprint density at radius 2 is 2.00 bits per heavy atom. The molecule has 1 amide bonds. The molecule has 6 nitrogen and oxygen atoms in total. The summed E-state index contributed by atoms with van der Waals surface area (Å²) in [5.74, 6) is -0.126. The number of hydrogen-bond acceptors (Lipinski definition) is 3. The van der Waals surface area contributed by atoms with Gasteiger partial charge < -0.3 is 5.32 Å². The first-order valence-corrected chi connectivity index (χ1v) is 8.62. The molecule has 0 saturated heterocycles. The maximum Gasteiger partial charge on any atom is 0.224 e. The van der Waals surface area contributed by atoms with Crippen LogP contribution in [0, 0.1) is 26.7 Å². The molecule has 2 heterocycles. The molecule has 0 aliphatic rings. The minimum absolute atomic E-state index is 0.0253. The van der Waals surface area contributed by atoms with Crippen LogP contribution < -0.4 is 5.32 Å². The van der Waals surface area contributed by atoms with E-state index in [1.54, 1.807) is 0 Å². The molecule has 2 aromatic heterocycles. The smallest absolute Gasteiger partial charge is 0.224 e. The van der Waals surface area contributed by atoms with Gasteiger partial charge in [0.15, 0.2) is 0 Å². The quantitative estimate of drug-likeness (QED) is 0.836. The lowest BCUT2D eigenvalue weighted by Crippen LogP contribution is -2.31. The van der Waals surface area contributed by atoms with Gasteiger partial charge in [0.05, 0.1) is 28.3 Å². The van der Waals surface area contributed by atoms with Gasteiger partial charge in [-0.05, 0) is 43.6 Å². The average Bonchev–Trinajstić information content (AvgIpc) is 3.00. The zero-order valence-electron chi connectivity index (χ0n) is 14.4. The van der Waals surface area contributed by atoms with Crippen LogP contribution in [0.4, 0.5) is 0 Å². The third kappa shape index (κ3) is 4.02. The van der Waals surface area contributed by atoms with Gasteiger partial charge in [0, 0.05) is 30.5 Å². The fourth-order valence-corrected chi connectivity index (χ4v) is 2.73. The second kappa shape index (κ2) is 7.29. The number of rotatable bonds is 6. The Balaban J connectivity index is 1.94. The summed E-state index contributed by atoms with van der Waals surface area (Å²) in [6, 6.07) is 0. The molecular weight excluding hydrogens is 358 g/mol. The molecule has 0 bridgehead atoms. The zero-order chi connectivity index (χ0) is 17.1. The van der Waals surface area contributed by atoms with E-state index in [0.29, 0.717) is 13.1 Å². The Morgan fingerprint density at radius 3 is 2.52 bits per heavy atom. The van der Waals surface area contributed by atoms with E-state index in [0.717, 1.165) is 33.7 Å². The highest BCUT2D eigenvalue weighted by Gasteiger charge is 2.17. The van der Waals surface area contributed by atoms with Gasteiger partial charge in [-0.1, -0.05) is 6.92 Å². The molecule has 2 rings (SSSR count). The summed E-state index contributed by atoms with van der Waals surface area (Å²) in [5, 5.41) is 11.8. The highest BCUT2D eigenvalue weighted by atomic mass is 79.9. The Kier molecular flexibility index (Phi) is 5.62. The largest absolute Gasteiger partial charge is 0.352 e. The van der Waals surface area contributed by atoms with Gasteiger partial charge >= 0.3 is 0 Å². The number of aryl methyl sites for hydroxylation is 3. The van der Waals surface area contributed by atoms with Crippen LogP contribution in [0.3, 0.4) is 0 Å². The summed E-state index contributed by atoms with van der Waals surface area (Å²) < 4.78 is 4.77. The van der Waals surface area contributed by atoms with Crippen LogP contribution in [0.15, 0.2) is 10.7 Å². The van der Waals surface area contributed by atoms with Crippen LogP contribution >= 0.6 is 15.9 Å². The van der Waals surface area contributed by atoms with Gasteiger partial charge in [0.2, 0.25) is 5.91 Å². The van der Waals surface area contributed by atoms with Crippen molar-refractivity contribution in [1.82, 2.24) is 24.9 Å². The summed E-state index contributed by atoms with van der Waals surface area (Å²) in [6.07, 6.45) is 1.98. The highest BCUT2D eigenvalue weighted by molar-refractivity contribution is 9.10. The van der Waals surface area contributed by atoms with Crippen LogP contribution in [-0.2, 0) is 24.4 Å². The molecular formula is C16H24BrN5O. The lowest BCUT2D eigenvalue weighted by Gasteiger charge is -2.13. The van der Waals surface area contributed by atoms with Crippen molar-refractivity contribution in [3.63, 3.8) is 0 Å². The molecule has 0 radical (unpaired) electrons. The molecule has 126 valence electrons. The van der Waals surface area contributed by atoms with Crippen molar-refractivity contribution in [2.24, 2.45) is 5.92 Å². The fraction of sp³-hybridized carbons (Fsp3) is 0.562. The van der Waals surface area contributed by atoms with Gasteiger partial charge in [-0.15, -0.1) is 0 Å². The summed E-state index contributed by atoms with van der Waals surface area (Å²) in [7, 11) is 0. The highest BCUT2D eigenvalue weighted by Crippen LogP contribution is 2.20. The monoisotopic (exact) mass is 381 g/mol. The predicted octanol–water partition coefficient (Wildman–Crippen LogP) is 2.74. The Hall–Kier alpha value is -1.63. The summed E-state index contributed by atoms with van der Waals surface area (Å²) >= 11 is 3.51. The molecule has 0 aromatic carbocycles. The van der Waals surface area contributed by atoms with Crippen LogP contribution in [0.2, 0.25) is 0 Å². The summed E-state index contributed by atoms with van der Waals surface area (Å²) in [5.41, 5.74) is 4.00. The van der Waals surface area contributed by atoms with E-state index in [2.05, 4.69) is 31.4 Å². The van der Waals surface area contributed by atoms with E-state index < -0.39 is 0 Å². The number of hydrogen-bond donors (Lipinski definition) is 1. The number of carbonyl (C=O) groups is 1. The van der Waals surface area contributed by atoms with Crippen molar-refractivity contribution in [2.75, 3.05) is 0 Å². The standard InChI is InChI=1S/C16H24BrN5O/c1-6-21-9-14(11(3)19-21)7-18-16(23)10(2)8-22-13(5)15(17)12(4)20-22/h9-10H,6-8H2,1-5H3,(H,18,23). The van der Waals surface area contributed by atoms with E-state index >= 15 is 0 Å². The first-order valence-electron chi connectivity index (χ1n) is 7.83. The first kappa shape index (κ1) is 17.7. The van der Waals surface area contributed by atoms with Crippen molar-refractivity contribution in [3.05, 3.63) is 33.3 Å². The molecule has 0 saturated carbocycles. The van der Waals surface area contributed by atoms with Crippen LogP contribution in [0.1, 0.15) is 36.5 Å². The van der Waals surface area contributed by atoms with Crippen molar-refractivity contribution >= 4 is 21.8 Å². The van der Waals surface area contributed by atoms with Crippen molar-refractivity contribution in [1.29, 1.82) is 0 Å². The van der Waals surface area contributed by atoms with E-state index in [-0.39, 0.29) is 11.8 Å². The van der Waals surface area contributed by atoms with Gasteiger partial charge in [-0.25, -0.2) is 0 Å². The van der Waals surface area contributed by atoms with E-state index in [9.17, 15) is 4.79 Å². The normalized spacial score (nSPS) is 12.4. The molecule has 0 aliphatic carbocycles. The maximum absolute atomic E-state index is 12.3. The van der Waals surface area contributed by atoms with Gasteiger partial charge in [-0.2, -0.15) is 10.2 Å². The number of aromatic nitrogens is 4. The lowest BCUT2D eigenvalue weighted by molar-refractivity contribution is -0.125. The van der Waals surface area contributed by atoms with E-state index in [4.69, 9.17) is 0 Å². The third-order valence-electron chi connectivity index (χ3n) is 4.01. The average molecular weight is 382 g/mol. The van der Waals surface area contributed by atoms with Crippen LogP contribution in [0.25, 0.3) is 0 Å². The molecule has 23 heavy (non-hydrogen) atoms. The number of halogens is 1.